The maximum absolute atomic E-state index is 5.41. The molecule has 1 aliphatic rings. The quantitative estimate of drug-likeness (QED) is 0.514. The van der Waals surface area contributed by atoms with Crippen LogP contribution in [0.3, 0.4) is 0 Å². The van der Waals surface area contributed by atoms with Gasteiger partial charge in [-0.05, 0) is 26.2 Å². The van der Waals surface area contributed by atoms with Gasteiger partial charge in [0.1, 0.15) is 0 Å². The molecule has 1 N–H and O–H groups in total. The molecule has 0 bridgehead atoms. The van der Waals surface area contributed by atoms with E-state index in [-0.39, 0.29) is 0 Å². The number of hydrogen-bond acceptors (Lipinski definition) is 3. The van der Waals surface area contributed by atoms with Crippen LogP contribution in [0.4, 0.5) is 0 Å². The third kappa shape index (κ3) is 5.30. The van der Waals surface area contributed by atoms with E-state index in [0.717, 1.165) is 31.9 Å². The predicted molar refractivity (Wildman–Crippen MR) is 62.0 cm³/mol. The molecular formula is C12H23NO2. The number of rotatable bonds is 7. The number of hydrogen-bond donors (Lipinski definition) is 1. The molecule has 2 atom stereocenters. The highest BCUT2D eigenvalue weighted by Crippen LogP contribution is 2.15. The summed E-state index contributed by atoms with van der Waals surface area (Å²) in [5, 5.41) is 3.46. The largest absolute Gasteiger partial charge is 0.381 e. The fourth-order valence-corrected chi connectivity index (χ4v) is 1.72. The first-order valence-corrected chi connectivity index (χ1v) is 5.73. The Bertz CT molecular complexity index is 188. The second-order valence-corrected chi connectivity index (χ2v) is 4.38. The minimum absolute atomic E-state index is 0.529. The molecule has 0 aromatic carbocycles. The number of nitrogens with one attached hydrogen (secondary N) is 1. The summed E-state index contributed by atoms with van der Waals surface area (Å²) >= 11 is 0. The van der Waals surface area contributed by atoms with Crippen LogP contribution in [0.15, 0.2) is 12.2 Å². The Morgan fingerprint density at radius 2 is 2.47 bits per heavy atom. The second kappa shape index (κ2) is 6.99. The fourth-order valence-electron chi connectivity index (χ4n) is 1.72. The maximum Gasteiger partial charge on any atom is 0.0672 e. The van der Waals surface area contributed by atoms with Gasteiger partial charge in [0.2, 0.25) is 0 Å². The zero-order valence-electron chi connectivity index (χ0n) is 9.92. The highest BCUT2D eigenvalue weighted by molar-refractivity contribution is 4.87. The highest BCUT2D eigenvalue weighted by atomic mass is 16.5. The van der Waals surface area contributed by atoms with Crippen molar-refractivity contribution in [1.29, 1.82) is 0 Å². The van der Waals surface area contributed by atoms with E-state index in [1.165, 1.54) is 6.42 Å². The van der Waals surface area contributed by atoms with Gasteiger partial charge in [0.05, 0.1) is 19.8 Å². The summed E-state index contributed by atoms with van der Waals surface area (Å²) in [5.41, 5.74) is 1.08. The smallest absolute Gasteiger partial charge is 0.0672 e. The minimum Gasteiger partial charge on any atom is -0.381 e. The van der Waals surface area contributed by atoms with Crippen LogP contribution in [0.25, 0.3) is 0 Å². The molecule has 1 fully saturated rings. The van der Waals surface area contributed by atoms with E-state index in [1.54, 1.807) is 0 Å². The van der Waals surface area contributed by atoms with E-state index in [9.17, 15) is 0 Å². The predicted octanol–water partition coefficient (Wildman–Crippen LogP) is 1.59. The third-order valence-electron chi connectivity index (χ3n) is 2.73. The lowest BCUT2D eigenvalue weighted by atomic mass is 10.0. The minimum atomic E-state index is 0.529. The Balaban J connectivity index is 1.96. The molecule has 0 aromatic heterocycles. The topological polar surface area (TPSA) is 30.5 Å². The fraction of sp³-hybridized carbons (Fsp3) is 0.833. The van der Waals surface area contributed by atoms with Crippen molar-refractivity contribution >= 4 is 0 Å². The lowest BCUT2D eigenvalue weighted by Crippen LogP contribution is -2.36. The molecule has 1 saturated heterocycles. The van der Waals surface area contributed by atoms with Crippen molar-refractivity contribution in [1.82, 2.24) is 5.32 Å². The van der Waals surface area contributed by atoms with Crippen molar-refractivity contribution in [2.75, 3.05) is 33.0 Å². The van der Waals surface area contributed by atoms with Crippen LogP contribution >= 0.6 is 0 Å². The summed E-state index contributed by atoms with van der Waals surface area (Å²) in [5.74, 6) is 0.672. The van der Waals surface area contributed by atoms with E-state index < -0.39 is 0 Å². The summed E-state index contributed by atoms with van der Waals surface area (Å²) in [6, 6.07) is 0.529. The van der Waals surface area contributed by atoms with Crippen LogP contribution in [0.1, 0.15) is 20.3 Å². The van der Waals surface area contributed by atoms with Crippen molar-refractivity contribution < 1.29 is 9.47 Å². The van der Waals surface area contributed by atoms with Gasteiger partial charge in [-0.1, -0.05) is 12.2 Å². The first-order chi connectivity index (χ1) is 7.20. The molecule has 88 valence electrons. The first kappa shape index (κ1) is 12.7. The van der Waals surface area contributed by atoms with E-state index >= 15 is 0 Å². The van der Waals surface area contributed by atoms with Gasteiger partial charge in [0.25, 0.3) is 0 Å². The molecule has 15 heavy (non-hydrogen) atoms. The van der Waals surface area contributed by atoms with Gasteiger partial charge in [-0.25, -0.2) is 0 Å². The Hall–Kier alpha value is -0.380. The molecule has 0 radical (unpaired) electrons. The first-order valence-electron chi connectivity index (χ1n) is 5.73. The van der Waals surface area contributed by atoms with E-state index in [1.807, 2.05) is 6.92 Å². The van der Waals surface area contributed by atoms with Crippen LogP contribution in [0, 0.1) is 5.92 Å². The Morgan fingerprint density at radius 1 is 1.67 bits per heavy atom. The van der Waals surface area contributed by atoms with E-state index in [4.69, 9.17) is 9.47 Å². The van der Waals surface area contributed by atoms with Crippen LogP contribution < -0.4 is 5.32 Å². The van der Waals surface area contributed by atoms with Gasteiger partial charge in [0.15, 0.2) is 0 Å². The Kier molecular flexibility index (Phi) is 5.91. The molecule has 2 unspecified atom stereocenters. The van der Waals surface area contributed by atoms with Gasteiger partial charge in [0, 0.05) is 19.2 Å². The van der Waals surface area contributed by atoms with Crippen molar-refractivity contribution in [2.45, 2.75) is 26.3 Å². The molecular weight excluding hydrogens is 190 g/mol. The maximum atomic E-state index is 5.41. The van der Waals surface area contributed by atoms with Crippen molar-refractivity contribution in [2.24, 2.45) is 5.92 Å². The lowest BCUT2D eigenvalue weighted by Gasteiger charge is -2.19. The Labute approximate surface area is 92.8 Å². The molecule has 1 heterocycles. The average molecular weight is 213 g/mol. The van der Waals surface area contributed by atoms with E-state index in [0.29, 0.717) is 18.6 Å². The zero-order valence-corrected chi connectivity index (χ0v) is 9.92. The highest BCUT2D eigenvalue weighted by Gasteiger charge is 2.21. The molecule has 0 saturated carbocycles. The Morgan fingerprint density at radius 3 is 3.07 bits per heavy atom. The standard InChI is InChI=1S/C12H23NO2/c1-10(2)8-15-7-5-13-11(3)12-4-6-14-9-12/h11-13H,1,4-9H2,2-3H3. The molecule has 0 aliphatic carbocycles. The van der Waals surface area contributed by atoms with Gasteiger partial charge < -0.3 is 14.8 Å². The average Bonchev–Trinajstić information content (AvgIpc) is 2.69. The van der Waals surface area contributed by atoms with Crippen LogP contribution in [-0.4, -0.2) is 39.0 Å². The van der Waals surface area contributed by atoms with Crippen LogP contribution in [0.5, 0.6) is 0 Å². The SMILES string of the molecule is C=C(C)COCCNC(C)C1CCOC1. The van der Waals surface area contributed by atoms with Gasteiger partial charge in [-0.15, -0.1) is 0 Å². The molecule has 0 aromatic rings. The molecule has 0 amide bonds. The molecule has 3 heteroatoms. The number of ether oxygens (including phenoxy) is 2. The van der Waals surface area contributed by atoms with Crippen molar-refractivity contribution in [3.05, 3.63) is 12.2 Å². The van der Waals surface area contributed by atoms with Gasteiger partial charge >= 0.3 is 0 Å². The molecule has 1 aliphatic heterocycles. The third-order valence-corrected chi connectivity index (χ3v) is 2.73. The van der Waals surface area contributed by atoms with E-state index in [2.05, 4.69) is 18.8 Å². The second-order valence-electron chi connectivity index (χ2n) is 4.38. The lowest BCUT2D eigenvalue weighted by molar-refractivity contribution is 0.149. The molecule has 0 spiro atoms. The monoisotopic (exact) mass is 213 g/mol. The van der Waals surface area contributed by atoms with Gasteiger partial charge in [-0.2, -0.15) is 0 Å². The summed E-state index contributed by atoms with van der Waals surface area (Å²) < 4.78 is 10.8. The summed E-state index contributed by atoms with van der Waals surface area (Å²) in [4.78, 5) is 0. The summed E-state index contributed by atoms with van der Waals surface area (Å²) in [6.45, 7) is 12.1. The summed E-state index contributed by atoms with van der Waals surface area (Å²) in [6.07, 6.45) is 1.18. The summed E-state index contributed by atoms with van der Waals surface area (Å²) in [7, 11) is 0. The van der Waals surface area contributed by atoms with Crippen molar-refractivity contribution in [3.63, 3.8) is 0 Å². The van der Waals surface area contributed by atoms with Crippen molar-refractivity contribution in [3.8, 4) is 0 Å². The molecule has 3 nitrogen and oxygen atoms in total. The normalized spacial score (nSPS) is 22.9. The van der Waals surface area contributed by atoms with Crippen LogP contribution in [0.2, 0.25) is 0 Å². The zero-order chi connectivity index (χ0) is 11.1. The van der Waals surface area contributed by atoms with Crippen LogP contribution in [-0.2, 0) is 9.47 Å². The van der Waals surface area contributed by atoms with Gasteiger partial charge in [-0.3, -0.25) is 0 Å². The molecule has 1 rings (SSSR count).